The maximum absolute atomic E-state index is 12.2. The van der Waals surface area contributed by atoms with Gasteiger partial charge in [0.1, 0.15) is 17.5 Å². The van der Waals surface area contributed by atoms with Gasteiger partial charge in [-0.15, -0.1) is 0 Å². The van der Waals surface area contributed by atoms with Crippen LogP contribution < -0.4 is 10.1 Å². The van der Waals surface area contributed by atoms with E-state index in [4.69, 9.17) is 9.47 Å². The van der Waals surface area contributed by atoms with E-state index < -0.39 is 11.7 Å². The Labute approximate surface area is 142 Å². The third kappa shape index (κ3) is 6.06. The molecule has 132 valence electrons. The average molecular weight is 335 g/mol. The first-order valence-electron chi connectivity index (χ1n) is 8.15. The number of nitrogens with one attached hydrogen (secondary N) is 1. The van der Waals surface area contributed by atoms with Crippen LogP contribution in [0.1, 0.15) is 33.6 Å². The monoisotopic (exact) mass is 335 g/mol. The van der Waals surface area contributed by atoms with E-state index in [0.717, 1.165) is 6.42 Å². The molecule has 2 heterocycles. The van der Waals surface area contributed by atoms with E-state index >= 15 is 0 Å². The van der Waals surface area contributed by atoms with E-state index in [9.17, 15) is 9.59 Å². The molecule has 0 spiro atoms. The van der Waals surface area contributed by atoms with Crippen molar-refractivity contribution in [2.45, 2.75) is 45.3 Å². The van der Waals surface area contributed by atoms with Gasteiger partial charge in [-0.1, -0.05) is 0 Å². The molecule has 1 N–H and O–H groups in total. The number of likely N-dealkylation sites (tertiary alicyclic amines) is 1. The zero-order valence-corrected chi connectivity index (χ0v) is 14.4. The topological polar surface area (TPSA) is 80.8 Å². The van der Waals surface area contributed by atoms with Crippen LogP contribution in [0.25, 0.3) is 0 Å². The SMILES string of the molecule is CC(C)(C)OC(=O)NCCC(=O)N1CCC(Oc2cccnc2)C1. The second-order valence-electron chi connectivity index (χ2n) is 6.74. The zero-order valence-electron chi connectivity index (χ0n) is 14.4. The largest absolute Gasteiger partial charge is 0.487 e. The van der Waals surface area contributed by atoms with E-state index in [1.807, 2.05) is 12.1 Å². The van der Waals surface area contributed by atoms with Gasteiger partial charge in [0, 0.05) is 32.1 Å². The van der Waals surface area contributed by atoms with Crippen molar-refractivity contribution in [2.24, 2.45) is 0 Å². The van der Waals surface area contributed by atoms with E-state index in [0.29, 0.717) is 18.8 Å². The van der Waals surface area contributed by atoms with Gasteiger partial charge in [0.25, 0.3) is 0 Å². The van der Waals surface area contributed by atoms with Gasteiger partial charge in [-0.3, -0.25) is 9.78 Å². The highest BCUT2D eigenvalue weighted by Crippen LogP contribution is 2.17. The molecule has 0 aliphatic carbocycles. The number of carbonyl (C=O) groups excluding carboxylic acids is 2. The lowest BCUT2D eigenvalue weighted by molar-refractivity contribution is -0.130. The van der Waals surface area contributed by atoms with Gasteiger partial charge in [0.15, 0.2) is 0 Å². The Bertz CT molecular complexity index is 557. The highest BCUT2D eigenvalue weighted by atomic mass is 16.6. The Morgan fingerprint density at radius 3 is 2.88 bits per heavy atom. The Kier molecular flexibility index (Phi) is 6.00. The second kappa shape index (κ2) is 7.99. The lowest BCUT2D eigenvalue weighted by Gasteiger charge is -2.20. The number of hydrogen-bond acceptors (Lipinski definition) is 5. The number of carbonyl (C=O) groups is 2. The van der Waals surface area contributed by atoms with Gasteiger partial charge in [0.2, 0.25) is 5.91 Å². The van der Waals surface area contributed by atoms with Crippen molar-refractivity contribution in [3.8, 4) is 5.75 Å². The zero-order chi connectivity index (χ0) is 17.6. The molecule has 1 saturated heterocycles. The molecular weight excluding hydrogens is 310 g/mol. The van der Waals surface area contributed by atoms with Crippen molar-refractivity contribution in [2.75, 3.05) is 19.6 Å². The molecule has 7 heteroatoms. The highest BCUT2D eigenvalue weighted by molar-refractivity contribution is 5.77. The summed E-state index contributed by atoms with van der Waals surface area (Å²) in [6.45, 7) is 6.87. The number of nitrogens with zero attached hydrogens (tertiary/aromatic N) is 2. The number of rotatable bonds is 5. The van der Waals surface area contributed by atoms with E-state index in [2.05, 4.69) is 10.3 Å². The Balaban J connectivity index is 1.68. The fourth-order valence-corrected chi connectivity index (χ4v) is 2.40. The molecule has 1 aliphatic heterocycles. The maximum Gasteiger partial charge on any atom is 0.407 e. The molecule has 1 aromatic heterocycles. The number of hydrogen-bond donors (Lipinski definition) is 1. The molecule has 2 rings (SSSR count). The quantitative estimate of drug-likeness (QED) is 0.890. The molecule has 7 nitrogen and oxygen atoms in total. The molecule has 0 aromatic carbocycles. The van der Waals surface area contributed by atoms with Crippen LogP contribution in [-0.2, 0) is 9.53 Å². The molecule has 1 fully saturated rings. The minimum atomic E-state index is -0.542. The Morgan fingerprint density at radius 1 is 1.42 bits per heavy atom. The van der Waals surface area contributed by atoms with Gasteiger partial charge >= 0.3 is 6.09 Å². The molecule has 0 radical (unpaired) electrons. The molecular formula is C17H25N3O4. The number of alkyl carbamates (subject to hydrolysis) is 1. The molecule has 1 unspecified atom stereocenters. The average Bonchev–Trinajstić information content (AvgIpc) is 2.95. The first-order valence-corrected chi connectivity index (χ1v) is 8.15. The third-order valence-corrected chi connectivity index (χ3v) is 3.44. The summed E-state index contributed by atoms with van der Waals surface area (Å²) < 4.78 is 10.9. The number of aromatic nitrogens is 1. The minimum Gasteiger partial charge on any atom is -0.487 e. The van der Waals surface area contributed by atoms with Crippen molar-refractivity contribution >= 4 is 12.0 Å². The van der Waals surface area contributed by atoms with Crippen LogP contribution in [0.15, 0.2) is 24.5 Å². The van der Waals surface area contributed by atoms with Crippen molar-refractivity contribution < 1.29 is 19.1 Å². The van der Waals surface area contributed by atoms with Crippen LogP contribution in [0.2, 0.25) is 0 Å². The molecule has 1 atom stereocenters. The van der Waals surface area contributed by atoms with Crippen molar-refractivity contribution in [3.63, 3.8) is 0 Å². The fourth-order valence-electron chi connectivity index (χ4n) is 2.40. The van der Waals surface area contributed by atoms with Crippen LogP contribution >= 0.6 is 0 Å². The molecule has 0 saturated carbocycles. The summed E-state index contributed by atoms with van der Waals surface area (Å²) in [6, 6.07) is 3.66. The van der Waals surface area contributed by atoms with Crippen molar-refractivity contribution in [1.82, 2.24) is 15.2 Å². The molecule has 2 amide bonds. The summed E-state index contributed by atoms with van der Waals surface area (Å²) in [5.41, 5.74) is -0.542. The van der Waals surface area contributed by atoms with Crippen LogP contribution in [0, 0.1) is 0 Å². The number of ether oxygens (including phenoxy) is 2. The lowest BCUT2D eigenvalue weighted by atomic mass is 10.2. The number of amides is 2. The standard InChI is InChI=1S/C17H25N3O4/c1-17(2,3)24-16(22)19-9-6-15(21)20-10-7-14(12-20)23-13-5-4-8-18-11-13/h4-5,8,11,14H,6-7,9-10,12H2,1-3H3,(H,19,22). The maximum atomic E-state index is 12.2. The smallest absolute Gasteiger partial charge is 0.407 e. The van der Waals surface area contributed by atoms with Crippen LogP contribution in [-0.4, -0.2) is 53.2 Å². The molecule has 1 aliphatic rings. The highest BCUT2D eigenvalue weighted by Gasteiger charge is 2.27. The van der Waals surface area contributed by atoms with Crippen molar-refractivity contribution in [3.05, 3.63) is 24.5 Å². The summed E-state index contributed by atoms with van der Waals surface area (Å²) in [6.07, 6.45) is 3.87. The van der Waals surface area contributed by atoms with Gasteiger partial charge in [-0.2, -0.15) is 0 Å². The normalized spacial score (nSPS) is 17.5. The summed E-state index contributed by atoms with van der Waals surface area (Å²) in [4.78, 5) is 29.5. The third-order valence-electron chi connectivity index (χ3n) is 3.44. The molecule has 0 bridgehead atoms. The van der Waals surface area contributed by atoms with Crippen molar-refractivity contribution in [1.29, 1.82) is 0 Å². The second-order valence-corrected chi connectivity index (χ2v) is 6.74. The van der Waals surface area contributed by atoms with Crippen LogP contribution in [0.4, 0.5) is 4.79 Å². The van der Waals surface area contributed by atoms with Gasteiger partial charge in [-0.05, 0) is 32.9 Å². The van der Waals surface area contributed by atoms with Gasteiger partial charge < -0.3 is 19.7 Å². The Morgan fingerprint density at radius 2 is 2.21 bits per heavy atom. The fraction of sp³-hybridized carbons (Fsp3) is 0.588. The summed E-state index contributed by atoms with van der Waals surface area (Å²) in [7, 11) is 0. The first kappa shape index (κ1) is 18.0. The molecule has 24 heavy (non-hydrogen) atoms. The summed E-state index contributed by atoms with van der Waals surface area (Å²) in [5.74, 6) is 0.715. The first-order chi connectivity index (χ1) is 11.3. The van der Waals surface area contributed by atoms with E-state index in [1.165, 1.54) is 0 Å². The number of pyridine rings is 1. The van der Waals surface area contributed by atoms with Crippen LogP contribution in [0.3, 0.4) is 0 Å². The molecule has 1 aromatic rings. The Hall–Kier alpha value is -2.31. The van der Waals surface area contributed by atoms with E-state index in [1.54, 1.807) is 38.1 Å². The van der Waals surface area contributed by atoms with Gasteiger partial charge in [0.05, 0.1) is 12.7 Å². The van der Waals surface area contributed by atoms with Gasteiger partial charge in [-0.25, -0.2) is 4.79 Å². The predicted octanol–water partition coefficient (Wildman–Crippen LogP) is 1.98. The summed E-state index contributed by atoms with van der Waals surface area (Å²) in [5, 5.41) is 2.60. The predicted molar refractivity (Wildman–Crippen MR) is 88.7 cm³/mol. The minimum absolute atomic E-state index is 0.00310. The summed E-state index contributed by atoms with van der Waals surface area (Å²) >= 11 is 0. The van der Waals surface area contributed by atoms with E-state index in [-0.39, 0.29) is 25.0 Å². The lowest BCUT2D eigenvalue weighted by Crippen LogP contribution is -2.36. The van der Waals surface area contributed by atoms with Crippen LogP contribution in [0.5, 0.6) is 5.75 Å².